The zero-order valence-corrected chi connectivity index (χ0v) is 17.6. The van der Waals surface area contributed by atoms with Crippen molar-refractivity contribution >= 4 is 15.9 Å². The number of benzene rings is 1. The number of amides is 1. The summed E-state index contributed by atoms with van der Waals surface area (Å²) in [6.07, 6.45) is 3.16. The van der Waals surface area contributed by atoms with E-state index in [1.807, 2.05) is 39.0 Å². The highest BCUT2D eigenvalue weighted by Crippen LogP contribution is 2.20. The van der Waals surface area contributed by atoms with Crippen molar-refractivity contribution in [3.8, 4) is 0 Å². The lowest BCUT2D eigenvalue weighted by Crippen LogP contribution is -2.41. The lowest BCUT2D eigenvalue weighted by atomic mass is 10.2. The Labute approximate surface area is 168 Å². The number of aryl methyl sites for hydroxylation is 1. The standard InChI is InChI=1S/C21H29N3O3S/c1-4-18(3)24(28(26,27)20-10-8-17(2)9-11-20)16-13-21(25)23-15-12-19-7-5-6-14-22-19/h5-11,14,18H,4,12-13,15-16H2,1-3H3,(H,23,25). The summed E-state index contributed by atoms with van der Waals surface area (Å²) in [6.45, 7) is 6.35. The van der Waals surface area contributed by atoms with Gasteiger partial charge in [-0.2, -0.15) is 4.31 Å². The van der Waals surface area contributed by atoms with Crippen molar-refractivity contribution in [2.45, 2.75) is 51.0 Å². The van der Waals surface area contributed by atoms with Crippen molar-refractivity contribution < 1.29 is 13.2 Å². The molecule has 1 aromatic carbocycles. The lowest BCUT2D eigenvalue weighted by molar-refractivity contribution is -0.121. The molecule has 1 atom stereocenters. The smallest absolute Gasteiger partial charge is 0.243 e. The molecule has 1 heterocycles. The molecule has 1 N–H and O–H groups in total. The van der Waals surface area contributed by atoms with Gasteiger partial charge in [-0.1, -0.05) is 30.7 Å². The van der Waals surface area contributed by atoms with Gasteiger partial charge in [-0.15, -0.1) is 0 Å². The van der Waals surface area contributed by atoms with Gasteiger partial charge in [0.2, 0.25) is 15.9 Å². The molecule has 0 aliphatic heterocycles. The van der Waals surface area contributed by atoms with Crippen LogP contribution in [-0.4, -0.2) is 42.7 Å². The zero-order chi connectivity index (χ0) is 20.6. The number of nitrogens with zero attached hydrogens (tertiary/aromatic N) is 2. The van der Waals surface area contributed by atoms with Crippen LogP contribution < -0.4 is 5.32 Å². The SMILES string of the molecule is CCC(C)N(CCC(=O)NCCc1ccccn1)S(=O)(=O)c1ccc(C)cc1. The first kappa shape index (κ1) is 22.0. The van der Waals surface area contributed by atoms with Crippen LogP contribution in [0.15, 0.2) is 53.6 Å². The van der Waals surface area contributed by atoms with Crippen LogP contribution >= 0.6 is 0 Å². The molecule has 1 aromatic heterocycles. The van der Waals surface area contributed by atoms with Gasteiger partial charge in [-0.3, -0.25) is 9.78 Å². The summed E-state index contributed by atoms with van der Waals surface area (Å²) in [5.74, 6) is -0.164. The van der Waals surface area contributed by atoms with Crippen LogP contribution in [0.1, 0.15) is 37.9 Å². The molecule has 0 aliphatic carbocycles. The number of nitrogens with one attached hydrogen (secondary N) is 1. The third-order valence-corrected chi connectivity index (χ3v) is 6.73. The summed E-state index contributed by atoms with van der Waals surface area (Å²) in [4.78, 5) is 16.7. The Balaban J connectivity index is 1.96. The van der Waals surface area contributed by atoms with E-state index in [1.54, 1.807) is 30.5 Å². The maximum absolute atomic E-state index is 13.0. The van der Waals surface area contributed by atoms with Crippen molar-refractivity contribution in [1.29, 1.82) is 0 Å². The van der Waals surface area contributed by atoms with E-state index in [4.69, 9.17) is 0 Å². The van der Waals surface area contributed by atoms with E-state index in [0.29, 0.717) is 19.4 Å². The molecule has 0 radical (unpaired) electrons. The summed E-state index contributed by atoms with van der Waals surface area (Å²) in [5, 5.41) is 2.84. The van der Waals surface area contributed by atoms with Crippen LogP contribution in [0.3, 0.4) is 0 Å². The van der Waals surface area contributed by atoms with Crippen molar-refractivity contribution in [2.24, 2.45) is 0 Å². The molecule has 6 nitrogen and oxygen atoms in total. The van der Waals surface area contributed by atoms with E-state index in [2.05, 4.69) is 10.3 Å². The maximum atomic E-state index is 13.0. The van der Waals surface area contributed by atoms with Crippen LogP contribution in [0.25, 0.3) is 0 Å². The Kier molecular flexibility index (Phi) is 8.14. The minimum absolute atomic E-state index is 0.123. The normalized spacial score (nSPS) is 12.7. The van der Waals surface area contributed by atoms with Crippen LogP contribution in [0.5, 0.6) is 0 Å². The topological polar surface area (TPSA) is 79.4 Å². The van der Waals surface area contributed by atoms with Crippen LogP contribution in [0, 0.1) is 6.92 Å². The molecule has 0 saturated carbocycles. The average Bonchev–Trinajstić information content (AvgIpc) is 2.69. The maximum Gasteiger partial charge on any atom is 0.243 e. The number of rotatable bonds is 10. The molecular formula is C21H29N3O3S. The molecule has 7 heteroatoms. The molecule has 0 saturated heterocycles. The van der Waals surface area contributed by atoms with Gasteiger partial charge in [-0.05, 0) is 44.5 Å². The third kappa shape index (κ3) is 6.14. The molecule has 0 bridgehead atoms. The van der Waals surface area contributed by atoms with E-state index in [9.17, 15) is 13.2 Å². The van der Waals surface area contributed by atoms with E-state index in [-0.39, 0.29) is 29.8 Å². The Morgan fingerprint density at radius 1 is 1.18 bits per heavy atom. The van der Waals surface area contributed by atoms with Crippen LogP contribution in [-0.2, 0) is 21.2 Å². The van der Waals surface area contributed by atoms with Gasteiger partial charge < -0.3 is 5.32 Å². The second-order valence-electron chi connectivity index (χ2n) is 6.86. The van der Waals surface area contributed by atoms with E-state index in [1.165, 1.54) is 4.31 Å². The van der Waals surface area contributed by atoms with Crippen molar-refractivity contribution in [1.82, 2.24) is 14.6 Å². The number of carbonyl (C=O) groups is 1. The van der Waals surface area contributed by atoms with Gasteiger partial charge in [0, 0.05) is 43.9 Å². The Morgan fingerprint density at radius 2 is 1.89 bits per heavy atom. The fourth-order valence-corrected chi connectivity index (χ4v) is 4.51. The largest absolute Gasteiger partial charge is 0.356 e. The fourth-order valence-electron chi connectivity index (χ4n) is 2.80. The highest BCUT2D eigenvalue weighted by atomic mass is 32.2. The van der Waals surface area contributed by atoms with Gasteiger partial charge in [-0.25, -0.2) is 8.42 Å². The van der Waals surface area contributed by atoms with Crippen LogP contribution in [0.2, 0.25) is 0 Å². The molecule has 0 spiro atoms. The number of carbonyl (C=O) groups excluding carboxylic acids is 1. The lowest BCUT2D eigenvalue weighted by Gasteiger charge is -2.27. The number of sulfonamides is 1. The number of hydrogen-bond donors (Lipinski definition) is 1. The predicted molar refractivity (Wildman–Crippen MR) is 110 cm³/mol. The van der Waals surface area contributed by atoms with Gasteiger partial charge in [0.05, 0.1) is 4.90 Å². The number of hydrogen-bond acceptors (Lipinski definition) is 4. The van der Waals surface area contributed by atoms with Gasteiger partial charge in [0.25, 0.3) is 0 Å². The highest BCUT2D eigenvalue weighted by Gasteiger charge is 2.28. The first-order valence-electron chi connectivity index (χ1n) is 9.59. The number of pyridine rings is 1. The van der Waals surface area contributed by atoms with E-state index >= 15 is 0 Å². The first-order chi connectivity index (χ1) is 13.3. The first-order valence-corrected chi connectivity index (χ1v) is 11.0. The number of aromatic nitrogens is 1. The van der Waals surface area contributed by atoms with E-state index in [0.717, 1.165) is 11.3 Å². The summed E-state index contributed by atoms with van der Waals surface area (Å²) < 4.78 is 27.5. The predicted octanol–water partition coefficient (Wildman–Crippen LogP) is 2.93. The second kappa shape index (κ2) is 10.3. The zero-order valence-electron chi connectivity index (χ0n) is 16.8. The summed E-state index contributed by atoms with van der Waals surface area (Å²) >= 11 is 0. The molecule has 2 rings (SSSR count). The van der Waals surface area contributed by atoms with Gasteiger partial charge >= 0.3 is 0 Å². The molecule has 1 amide bonds. The molecule has 152 valence electrons. The molecule has 0 fully saturated rings. The molecule has 1 unspecified atom stereocenters. The van der Waals surface area contributed by atoms with Gasteiger partial charge in [0.1, 0.15) is 0 Å². The molecular weight excluding hydrogens is 374 g/mol. The highest BCUT2D eigenvalue weighted by molar-refractivity contribution is 7.89. The average molecular weight is 404 g/mol. The minimum atomic E-state index is -3.64. The summed E-state index contributed by atoms with van der Waals surface area (Å²) in [5.41, 5.74) is 1.91. The summed E-state index contributed by atoms with van der Waals surface area (Å²) in [6, 6.07) is 12.3. The van der Waals surface area contributed by atoms with Crippen molar-refractivity contribution in [2.75, 3.05) is 13.1 Å². The fraction of sp³-hybridized carbons (Fsp3) is 0.429. The van der Waals surface area contributed by atoms with Crippen LogP contribution in [0.4, 0.5) is 0 Å². The monoisotopic (exact) mass is 403 g/mol. The second-order valence-corrected chi connectivity index (χ2v) is 8.75. The quantitative estimate of drug-likeness (QED) is 0.661. The Hall–Kier alpha value is -2.25. The summed E-state index contributed by atoms with van der Waals surface area (Å²) in [7, 11) is -3.64. The van der Waals surface area contributed by atoms with Gasteiger partial charge in [0.15, 0.2) is 0 Å². The van der Waals surface area contributed by atoms with Crippen molar-refractivity contribution in [3.05, 3.63) is 59.9 Å². The molecule has 2 aromatic rings. The van der Waals surface area contributed by atoms with Crippen molar-refractivity contribution in [3.63, 3.8) is 0 Å². The molecule has 28 heavy (non-hydrogen) atoms. The molecule has 0 aliphatic rings. The Bertz CT molecular complexity index is 852. The third-order valence-electron chi connectivity index (χ3n) is 4.70. The Morgan fingerprint density at radius 3 is 2.50 bits per heavy atom. The van der Waals surface area contributed by atoms with E-state index < -0.39 is 10.0 Å². The minimum Gasteiger partial charge on any atom is -0.356 e.